The SMILES string of the molecule is CN(Cc1ccccc1)CC1CC(c2ccc(CO)cc2)OC(c2ccc(NC(=O)NCc3ccccc3)cc2)O1. The van der Waals surface area contributed by atoms with Crippen LogP contribution in [-0.2, 0) is 29.2 Å². The van der Waals surface area contributed by atoms with Crippen LogP contribution in [-0.4, -0.2) is 35.7 Å². The molecule has 41 heavy (non-hydrogen) atoms. The van der Waals surface area contributed by atoms with E-state index < -0.39 is 6.29 Å². The fourth-order valence-corrected chi connectivity index (χ4v) is 5.02. The molecule has 212 valence electrons. The van der Waals surface area contributed by atoms with Crippen LogP contribution in [0.15, 0.2) is 109 Å². The Hall–Kier alpha value is -4.01. The summed E-state index contributed by atoms with van der Waals surface area (Å²) in [6.07, 6.45) is -0.0397. The van der Waals surface area contributed by atoms with E-state index in [1.165, 1.54) is 5.56 Å². The maximum absolute atomic E-state index is 12.4. The summed E-state index contributed by atoms with van der Waals surface area (Å²) in [5.74, 6) is 0. The van der Waals surface area contributed by atoms with Crippen LogP contribution in [0.5, 0.6) is 0 Å². The quantitative estimate of drug-likeness (QED) is 0.219. The Morgan fingerprint density at radius 1 is 0.805 bits per heavy atom. The van der Waals surface area contributed by atoms with Gasteiger partial charge < -0.3 is 25.2 Å². The number of anilines is 1. The fourth-order valence-electron chi connectivity index (χ4n) is 5.02. The predicted octanol–water partition coefficient (Wildman–Crippen LogP) is 6.18. The molecule has 0 aliphatic carbocycles. The van der Waals surface area contributed by atoms with Crippen molar-refractivity contribution in [1.82, 2.24) is 10.2 Å². The van der Waals surface area contributed by atoms with Crippen LogP contribution < -0.4 is 10.6 Å². The second-order valence-corrected chi connectivity index (χ2v) is 10.4. The Bertz CT molecular complexity index is 1370. The molecule has 0 radical (unpaired) electrons. The first-order valence-electron chi connectivity index (χ1n) is 14.0. The van der Waals surface area contributed by atoms with Gasteiger partial charge in [-0.2, -0.15) is 0 Å². The lowest BCUT2D eigenvalue weighted by Gasteiger charge is -2.38. The molecule has 2 amide bonds. The molecule has 0 spiro atoms. The third-order valence-electron chi connectivity index (χ3n) is 7.16. The largest absolute Gasteiger partial charge is 0.392 e. The van der Waals surface area contributed by atoms with Crippen molar-refractivity contribution in [1.29, 1.82) is 0 Å². The Labute approximate surface area is 241 Å². The van der Waals surface area contributed by atoms with Gasteiger partial charge in [-0.15, -0.1) is 0 Å². The minimum absolute atomic E-state index is 0.00904. The zero-order valence-electron chi connectivity index (χ0n) is 23.3. The lowest BCUT2D eigenvalue weighted by molar-refractivity contribution is -0.252. The molecule has 4 aromatic carbocycles. The molecular formula is C34H37N3O4. The first-order chi connectivity index (χ1) is 20.1. The average molecular weight is 552 g/mol. The van der Waals surface area contributed by atoms with Crippen LogP contribution in [0.2, 0.25) is 0 Å². The molecule has 3 N–H and O–H groups in total. The predicted molar refractivity (Wildman–Crippen MR) is 160 cm³/mol. The number of likely N-dealkylation sites (N-methyl/N-ethyl adjacent to an activating group) is 1. The molecule has 1 saturated heterocycles. The summed E-state index contributed by atoms with van der Waals surface area (Å²) in [5, 5.41) is 15.2. The van der Waals surface area contributed by atoms with Crippen molar-refractivity contribution in [2.24, 2.45) is 0 Å². The van der Waals surface area contributed by atoms with Crippen LogP contribution in [0.25, 0.3) is 0 Å². The Morgan fingerprint density at radius 3 is 2.10 bits per heavy atom. The van der Waals surface area contributed by atoms with Crippen molar-refractivity contribution in [3.8, 4) is 0 Å². The Kier molecular flexibility index (Phi) is 9.78. The van der Waals surface area contributed by atoms with Crippen LogP contribution in [0.1, 0.15) is 46.6 Å². The molecule has 0 bridgehead atoms. The molecule has 1 heterocycles. The number of aliphatic hydroxyl groups is 1. The van der Waals surface area contributed by atoms with E-state index in [4.69, 9.17) is 9.47 Å². The lowest BCUT2D eigenvalue weighted by Crippen LogP contribution is -2.37. The van der Waals surface area contributed by atoms with Gasteiger partial charge in [0.25, 0.3) is 0 Å². The monoisotopic (exact) mass is 551 g/mol. The van der Waals surface area contributed by atoms with Crippen LogP contribution in [0, 0.1) is 0 Å². The summed E-state index contributed by atoms with van der Waals surface area (Å²) in [7, 11) is 2.11. The number of amides is 2. The highest BCUT2D eigenvalue weighted by molar-refractivity contribution is 5.89. The number of aliphatic hydroxyl groups excluding tert-OH is 1. The van der Waals surface area contributed by atoms with Gasteiger partial charge in [0.15, 0.2) is 6.29 Å². The molecule has 7 heteroatoms. The second kappa shape index (κ2) is 14.1. The number of benzene rings is 4. The van der Waals surface area contributed by atoms with Gasteiger partial charge in [-0.1, -0.05) is 97.1 Å². The van der Waals surface area contributed by atoms with Crippen molar-refractivity contribution in [2.75, 3.05) is 18.9 Å². The molecule has 3 unspecified atom stereocenters. The first kappa shape index (κ1) is 28.5. The lowest BCUT2D eigenvalue weighted by atomic mass is 9.99. The summed E-state index contributed by atoms with van der Waals surface area (Å²) in [5.41, 5.74) is 5.78. The zero-order valence-corrected chi connectivity index (χ0v) is 23.3. The van der Waals surface area contributed by atoms with Gasteiger partial charge in [-0.05, 0) is 41.4 Å². The topological polar surface area (TPSA) is 83.1 Å². The third kappa shape index (κ3) is 8.25. The van der Waals surface area contributed by atoms with E-state index >= 15 is 0 Å². The molecule has 3 atom stereocenters. The molecule has 1 aliphatic heterocycles. The molecule has 4 aromatic rings. The summed E-state index contributed by atoms with van der Waals surface area (Å²) in [6, 6.07) is 35.4. The number of nitrogens with one attached hydrogen (secondary N) is 2. The molecule has 0 saturated carbocycles. The van der Waals surface area contributed by atoms with E-state index in [1.54, 1.807) is 0 Å². The van der Waals surface area contributed by atoms with Crippen molar-refractivity contribution in [3.63, 3.8) is 0 Å². The van der Waals surface area contributed by atoms with E-state index in [-0.39, 0.29) is 24.8 Å². The van der Waals surface area contributed by atoms with Gasteiger partial charge in [0.05, 0.1) is 18.8 Å². The minimum atomic E-state index is -0.553. The smallest absolute Gasteiger partial charge is 0.319 e. The summed E-state index contributed by atoms with van der Waals surface area (Å²) < 4.78 is 13.0. The zero-order chi connectivity index (χ0) is 28.4. The van der Waals surface area contributed by atoms with Gasteiger partial charge in [0.1, 0.15) is 0 Å². The Balaban J connectivity index is 1.25. The van der Waals surface area contributed by atoms with Gasteiger partial charge in [-0.3, -0.25) is 4.90 Å². The fraction of sp³-hybridized carbons (Fsp3) is 0.265. The molecule has 1 aliphatic rings. The maximum atomic E-state index is 12.4. The summed E-state index contributed by atoms with van der Waals surface area (Å²) in [6.45, 7) is 2.04. The van der Waals surface area contributed by atoms with E-state index in [0.717, 1.165) is 41.8 Å². The summed E-state index contributed by atoms with van der Waals surface area (Å²) in [4.78, 5) is 14.7. The van der Waals surface area contributed by atoms with Gasteiger partial charge in [0.2, 0.25) is 0 Å². The number of rotatable bonds is 10. The van der Waals surface area contributed by atoms with Gasteiger partial charge in [-0.25, -0.2) is 4.79 Å². The minimum Gasteiger partial charge on any atom is -0.392 e. The number of hydrogen-bond acceptors (Lipinski definition) is 5. The molecule has 5 rings (SSSR count). The number of carbonyl (C=O) groups excluding carboxylic acids is 1. The summed E-state index contributed by atoms with van der Waals surface area (Å²) >= 11 is 0. The second-order valence-electron chi connectivity index (χ2n) is 10.4. The number of nitrogens with zero attached hydrogens (tertiary/aromatic N) is 1. The van der Waals surface area contributed by atoms with Crippen LogP contribution in [0.4, 0.5) is 10.5 Å². The highest BCUT2D eigenvalue weighted by Gasteiger charge is 2.32. The van der Waals surface area contributed by atoms with Crippen molar-refractivity contribution < 1.29 is 19.4 Å². The average Bonchev–Trinajstić information content (AvgIpc) is 3.01. The molecule has 7 nitrogen and oxygen atoms in total. The Morgan fingerprint density at radius 2 is 1.44 bits per heavy atom. The van der Waals surface area contributed by atoms with E-state index in [0.29, 0.717) is 12.2 Å². The molecular weight excluding hydrogens is 514 g/mol. The maximum Gasteiger partial charge on any atom is 0.319 e. The van der Waals surface area contributed by atoms with Gasteiger partial charge in [0, 0.05) is 37.3 Å². The van der Waals surface area contributed by atoms with Crippen molar-refractivity contribution in [2.45, 2.75) is 44.6 Å². The van der Waals surface area contributed by atoms with Crippen molar-refractivity contribution in [3.05, 3.63) is 137 Å². The number of urea groups is 1. The highest BCUT2D eigenvalue weighted by atomic mass is 16.7. The highest BCUT2D eigenvalue weighted by Crippen LogP contribution is 2.38. The van der Waals surface area contributed by atoms with Crippen LogP contribution in [0.3, 0.4) is 0 Å². The van der Waals surface area contributed by atoms with Crippen LogP contribution >= 0.6 is 0 Å². The number of ether oxygens (including phenoxy) is 2. The van der Waals surface area contributed by atoms with Crippen molar-refractivity contribution >= 4 is 11.7 Å². The first-order valence-corrected chi connectivity index (χ1v) is 14.0. The van der Waals surface area contributed by atoms with E-state index in [9.17, 15) is 9.90 Å². The molecule has 1 fully saturated rings. The normalized spacial score (nSPS) is 18.7. The van der Waals surface area contributed by atoms with Gasteiger partial charge >= 0.3 is 6.03 Å². The number of carbonyl (C=O) groups is 1. The van der Waals surface area contributed by atoms with E-state index in [2.05, 4.69) is 46.8 Å². The third-order valence-corrected chi connectivity index (χ3v) is 7.16. The molecule has 0 aromatic heterocycles. The number of hydrogen-bond donors (Lipinski definition) is 3. The van der Waals surface area contributed by atoms with E-state index in [1.807, 2.05) is 84.9 Å². The standard InChI is InChI=1S/C34H37N3O4/c1-37(22-26-10-6-3-7-11-26)23-31-20-32(28-14-12-27(24-38)13-15-28)41-33(40-31)29-16-18-30(19-17-29)36-34(39)35-21-25-8-4-2-5-9-25/h2-19,31-33,38H,20-24H2,1H3,(H2,35,36,39).